The number of benzene rings is 6. The van der Waals surface area contributed by atoms with Crippen molar-refractivity contribution in [3.05, 3.63) is 231 Å². The van der Waals surface area contributed by atoms with Gasteiger partial charge in [0.2, 0.25) is 18.0 Å². The van der Waals surface area contributed by atoms with Crippen molar-refractivity contribution in [3.8, 4) is 56.8 Å². The Morgan fingerprint density at radius 2 is 1.00 bits per heavy atom. The molecule has 0 spiro atoms. The molecule has 3 fully saturated rings. The normalized spacial score (nSPS) is 15.2. The minimum Gasteiger partial charge on any atom is -0.451 e. The van der Waals surface area contributed by atoms with E-state index in [1.807, 2.05) is 100 Å². The lowest BCUT2D eigenvalue weighted by molar-refractivity contribution is -0.400. The van der Waals surface area contributed by atoms with Gasteiger partial charge >= 0.3 is 12.2 Å². The number of nitrogens with two attached hydrogens (primary N) is 2. The van der Waals surface area contributed by atoms with Gasteiger partial charge in [-0.15, -0.1) is 0 Å². The first-order valence-corrected chi connectivity index (χ1v) is 43.9. The van der Waals surface area contributed by atoms with E-state index in [-0.39, 0.29) is 102 Å². The van der Waals surface area contributed by atoms with Crippen LogP contribution in [0.1, 0.15) is 201 Å². The summed E-state index contributed by atoms with van der Waals surface area (Å²) in [6.45, 7) is 35.1. The van der Waals surface area contributed by atoms with E-state index >= 15 is 0 Å². The zero-order valence-electron chi connectivity index (χ0n) is 77.4. The van der Waals surface area contributed by atoms with E-state index in [9.17, 15) is 70.0 Å². The number of likely N-dealkylation sites (tertiary alicyclic amines) is 3. The summed E-state index contributed by atoms with van der Waals surface area (Å²) in [4.78, 5) is 101. The van der Waals surface area contributed by atoms with Gasteiger partial charge in [-0.1, -0.05) is 87.9 Å². The van der Waals surface area contributed by atoms with Crippen molar-refractivity contribution >= 4 is 58.5 Å². The van der Waals surface area contributed by atoms with Crippen LogP contribution in [0.3, 0.4) is 0 Å². The Kier molecular flexibility index (Phi) is 38.3. The van der Waals surface area contributed by atoms with E-state index in [1.165, 1.54) is 54.6 Å². The first kappa shape index (κ1) is 105. The molecule has 5 amide bonds. The number of hydrogen-bond donors (Lipinski definition) is 5. The van der Waals surface area contributed by atoms with Crippen LogP contribution in [0.4, 0.5) is 41.7 Å². The van der Waals surface area contributed by atoms with E-state index in [1.54, 1.807) is 63.2 Å². The van der Waals surface area contributed by atoms with Crippen molar-refractivity contribution in [2.75, 3.05) is 64.8 Å². The van der Waals surface area contributed by atoms with Gasteiger partial charge < -0.3 is 79.1 Å². The molecule has 6 aromatic carbocycles. The minimum atomic E-state index is -0.809. The predicted octanol–water partition coefficient (Wildman–Crippen LogP) is 20.1. The number of rotatable bonds is 26. The largest absolute Gasteiger partial charge is 0.451 e. The molecule has 9 aromatic rings. The maximum atomic E-state index is 14.2. The number of aromatic amines is 1. The standard InChI is InChI=1S/C36H47F2N3O5.C26H23F2N5O3.C14H9F2NO3.C12H23NO3.C10H20N2O2/c1-8-9-20-44-23-30-31(33(42)39-35(2,3)4)27(22-41(30)25-12-11-19-40(21-25)34(43)46-36(5,6)7)24-15-17-26(18-16-24)45-32-28(37)13-10-14-29(32)38;1-2-21(34)32-12-4-5-16(13-32)33-14-18(22-23(33)26(35)31-30-25(22)29)15-8-10-17(11-9-15)36-24-19(27)6-3-7-20(24)28;15-12-2-1-3-13(16)14(12)20-11-6-4-10(5-7-11)8-9-17(18)19;1-5-6-7-16-9-10(14)8-11(15)13-12(2,3)4;1-10(2,3)14-9(13)12-6-4-5-8(11)7-12/h10,13-18,22,25H,8-9,11-12,19-21,23H2,1-7H3,(H,39,42);2-3,6-11,14,16H,1,4-5,12-13H2,(H2,29,30)(H,31,35);1-9H;5-9H2,1-4H3,(H,13,15);8H,4-7,11H2,1-3H3/b;;9-8+;;/t25-;16-;;;8-/m11..1/s1. The monoisotopic (exact) mass is 1840 g/mol. The minimum absolute atomic E-state index is 0.0392. The van der Waals surface area contributed by atoms with Crippen molar-refractivity contribution in [1.29, 1.82) is 0 Å². The highest BCUT2D eigenvalue weighted by molar-refractivity contribution is 6.04. The third kappa shape index (κ3) is 32.3. The fourth-order valence-corrected chi connectivity index (χ4v) is 14.2. The van der Waals surface area contributed by atoms with Crippen LogP contribution >= 0.6 is 0 Å². The Morgan fingerprint density at radius 3 is 1.45 bits per heavy atom. The topological polar surface area (TPSA) is 352 Å². The number of nitrogen functional groups attached to an aromatic ring is 1. The van der Waals surface area contributed by atoms with Gasteiger partial charge in [0.1, 0.15) is 40.6 Å². The Bertz CT molecular complexity index is 5440. The zero-order chi connectivity index (χ0) is 97.0. The van der Waals surface area contributed by atoms with E-state index in [2.05, 4.69) is 45.8 Å². The second-order valence-corrected chi connectivity index (χ2v) is 35.9. The molecule has 3 saturated heterocycles. The summed E-state index contributed by atoms with van der Waals surface area (Å²) in [6, 6.07) is 29.6. The SMILES string of the molecule is C=CC(=O)N1CCC[C@@H](n2cc(-c3ccc(Oc4c(F)cccc4F)cc3)c3c(N)n[nH]c(=O)c32)C1.CC(C)(C)OC(=O)N1CCC[C@@H](N)C1.CCCCOCC(=O)CC(=O)NC(C)(C)C.CCCCOCc1c(C(=O)NC(C)(C)C)c(-c2ccc(Oc3c(F)cccc3F)cc2)cn1[C@@H]1CCCN(C(=O)OC(C)(C)C)C1.O=[N+]([O-])/C=C/c1ccc(Oc2c(F)cccc2F)cc1. The lowest BCUT2D eigenvalue weighted by Crippen LogP contribution is -2.47. The second kappa shape index (κ2) is 48.4. The van der Waals surface area contributed by atoms with Gasteiger partial charge in [0.15, 0.2) is 63.8 Å². The van der Waals surface area contributed by atoms with Crippen molar-refractivity contribution in [3.63, 3.8) is 0 Å². The first-order chi connectivity index (χ1) is 62.3. The second-order valence-electron chi connectivity index (χ2n) is 35.9. The molecule has 132 heavy (non-hydrogen) atoms. The third-order valence-corrected chi connectivity index (χ3v) is 20.1. The lowest BCUT2D eigenvalue weighted by Gasteiger charge is -2.35. The summed E-state index contributed by atoms with van der Waals surface area (Å²) >= 11 is 0. The van der Waals surface area contributed by atoms with E-state index in [0.717, 1.165) is 119 Å². The number of fused-ring (bicyclic) bond motifs is 1. The van der Waals surface area contributed by atoms with Crippen LogP contribution < -0.4 is 41.9 Å². The molecule has 12 rings (SSSR count). The number of carbonyl (C=O) groups is 6. The molecule has 28 nitrogen and oxygen atoms in total. The van der Waals surface area contributed by atoms with E-state index in [0.29, 0.717) is 90.2 Å². The molecular weight excluding hydrogens is 1720 g/mol. The zero-order valence-corrected chi connectivity index (χ0v) is 77.4. The lowest BCUT2D eigenvalue weighted by atomic mass is 10.0. The van der Waals surface area contributed by atoms with Gasteiger partial charge in [0.05, 0.1) is 46.7 Å². The van der Waals surface area contributed by atoms with Crippen molar-refractivity contribution < 1.29 is 93.2 Å². The molecule has 0 radical (unpaired) electrons. The van der Waals surface area contributed by atoms with Crippen LogP contribution in [0.5, 0.6) is 34.5 Å². The number of nitrogens with one attached hydrogen (secondary N) is 3. The Morgan fingerprint density at radius 1 is 0.576 bits per heavy atom. The smallest absolute Gasteiger partial charge is 0.410 e. The fourth-order valence-electron chi connectivity index (χ4n) is 14.2. The molecule has 34 heteroatoms. The van der Waals surface area contributed by atoms with Crippen LogP contribution in [0.25, 0.3) is 39.2 Å². The molecule has 3 aliphatic rings. The maximum absolute atomic E-state index is 14.2. The number of para-hydroxylation sites is 3. The maximum Gasteiger partial charge on any atom is 0.410 e. The van der Waals surface area contributed by atoms with Crippen LogP contribution in [-0.2, 0) is 39.9 Å². The summed E-state index contributed by atoms with van der Waals surface area (Å²) in [5.41, 5.74) is 14.6. The van der Waals surface area contributed by atoms with Gasteiger partial charge in [0.25, 0.3) is 11.5 Å². The molecular formula is C98H122F6N12O16. The molecule has 0 unspecified atom stereocenters. The molecule has 7 N–H and O–H groups in total. The highest BCUT2D eigenvalue weighted by atomic mass is 19.2. The van der Waals surface area contributed by atoms with Gasteiger partial charge in [-0.25, -0.2) is 41.0 Å². The summed E-state index contributed by atoms with van der Waals surface area (Å²) in [5, 5.41) is 22.9. The van der Waals surface area contributed by atoms with Gasteiger partial charge in [-0.05, 0) is 230 Å². The highest BCUT2D eigenvalue weighted by Gasteiger charge is 2.35. The van der Waals surface area contributed by atoms with Gasteiger partial charge in [0, 0.05) is 99.2 Å². The molecule has 0 bridgehead atoms. The predicted molar refractivity (Wildman–Crippen MR) is 493 cm³/mol. The third-order valence-electron chi connectivity index (χ3n) is 20.1. The van der Waals surface area contributed by atoms with Crippen LogP contribution in [-0.4, -0.2) is 162 Å². The average molecular weight is 1840 g/mol. The van der Waals surface area contributed by atoms with Gasteiger partial charge in [-0.2, -0.15) is 5.10 Å². The van der Waals surface area contributed by atoms with Crippen molar-refractivity contribution in [2.45, 2.75) is 215 Å². The molecule has 0 aliphatic carbocycles. The van der Waals surface area contributed by atoms with Crippen molar-refractivity contribution in [1.82, 2.24) is 44.7 Å². The Balaban J connectivity index is 0.000000220. The molecule has 6 heterocycles. The number of hydrogen-bond acceptors (Lipinski definition) is 19. The first-order valence-electron chi connectivity index (χ1n) is 43.9. The molecule has 3 atom stereocenters. The summed E-state index contributed by atoms with van der Waals surface area (Å²) < 4.78 is 125. The number of unbranched alkanes of at least 4 members (excludes halogenated alkanes) is 2. The number of ketones is 1. The molecule has 0 saturated carbocycles. The number of halogens is 6. The number of nitrogens with zero attached hydrogens (tertiary/aromatic N) is 7. The summed E-state index contributed by atoms with van der Waals surface area (Å²) in [6.07, 6.45) is 15.4. The Hall–Kier alpha value is -12.8. The van der Waals surface area contributed by atoms with Crippen LogP contribution in [0.2, 0.25) is 0 Å². The number of carbonyl (C=O) groups excluding carboxylic acids is 6. The number of aromatic nitrogens is 4. The number of anilines is 1. The van der Waals surface area contributed by atoms with Crippen LogP contribution in [0.15, 0.2) is 163 Å². The fraction of sp³-hybridized carbons (Fsp3) is 0.429. The van der Waals surface area contributed by atoms with Gasteiger partial charge in [-0.3, -0.25) is 34.1 Å². The Labute approximate surface area is 765 Å². The molecule has 3 aromatic heterocycles. The summed E-state index contributed by atoms with van der Waals surface area (Å²) in [5.74, 6) is -6.23. The molecule has 712 valence electrons. The van der Waals surface area contributed by atoms with Crippen molar-refractivity contribution in [2.24, 2.45) is 5.73 Å². The number of Topliss-reactive ketones (excluding diaryl/α,β-unsaturated/α-hetero) is 1. The number of H-pyrrole nitrogens is 1. The van der Waals surface area contributed by atoms with E-state index < -0.39 is 79.4 Å². The molecule has 3 aliphatic heterocycles. The van der Waals surface area contributed by atoms with Crippen LogP contribution in [0, 0.1) is 45.0 Å². The number of nitro groups is 1. The average Bonchev–Trinajstić information content (AvgIpc) is 1.60. The highest BCUT2D eigenvalue weighted by Crippen LogP contribution is 2.40. The van der Waals surface area contributed by atoms with E-state index in [4.69, 9.17) is 44.6 Å². The number of amides is 5. The number of ether oxygens (including phenoxy) is 7. The number of piperidine rings is 3. The quantitative estimate of drug-likeness (QED) is 0.00839. The summed E-state index contributed by atoms with van der Waals surface area (Å²) in [7, 11) is 0.